The van der Waals surface area contributed by atoms with Crippen molar-refractivity contribution in [3.8, 4) is 11.4 Å². The fraction of sp³-hybridized carbons (Fsp3) is 0.550. The van der Waals surface area contributed by atoms with Crippen molar-refractivity contribution in [2.75, 3.05) is 49.3 Å². The molecule has 0 aromatic carbocycles. The highest BCUT2D eigenvalue weighted by Gasteiger charge is 2.30. The van der Waals surface area contributed by atoms with Gasteiger partial charge >= 0.3 is 0 Å². The van der Waals surface area contributed by atoms with Crippen LogP contribution in [0.5, 0.6) is 0 Å². The third kappa shape index (κ3) is 3.34. The predicted octanol–water partition coefficient (Wildman–Crippen LogP) is 1.96. The molecule has 2 aliphatic rings. The lowest BCUT2D eigenvalue weighted by Crippen LogP contribution is -2.49. The van der Waals surface area contributed by atoms with Crippen molar-refractivity contribution in [3.63, 3.8) is 0 Å². The second-order valence-corrected chi connectivity index (χ2v) is 8.38. The molecule has 0 aliphatic carbocycles. The largest absolute Gasteiger partial charge is 0.377 e. The zero-order valence-corrected chi connectivity index (χ0v) is 17.1. The summed E-state index contributed by atoms with van der Waals surface area (Å²) in [5.41, 5.74) is 3.51. The smallest absolute Gasteiger partial charge is 0.178 e. The summed E-state index contributed by atoms with van der Waals surface area (Å²) in [6.07, 6.45) is 3.60. The van der Waals surface area contributed by atoms with Gasteiger partial charge in [-0.25, -0.2) is 9.50 Å². The fourth-order valence-electron chi connectivity index (χ4n) is 4.18. The third-order valence-electron chi connectivity index (χ3n) is 5.64. The van der Waals surface area contributed by atoms with Gasteiger partial charge in [0, 0.05) is 31.9 Å². The van der Waals surface area contributed by atoms with Crippen LogP contribution in [0, 0.1) is 0 Å². The van der Waals surface area contributed by atoms with Crippen molar-refractivity contribution in [1.29, 1.82) is 0 Å². The van der Waals surface area contributed by atoms with Crippen LogP contribution in [-0.2, 0) is 9.47 Å². The van der Waals surface area contributed by atoms with Crippen LogP contribution < -0.4 is 9.80 Å². The van der Waals surface area contributed by atoms with E-state index in [9.17, 15) is 0 Å². The summed E-state index contributed by atoms with van der Waals surface area (Å²) in [5, 5.41) is 12.1. The molecule has 9 nitrogen and oxygen atoms in total. The van der Waals surface area contributed by atoms with Gasteiger partial charge in [0.1, 0.15) is 5.69 Å². The van der Waals surface area contributed by atoms with E-state index in [1.165, 1.54) is 0 Å². The Bertz CT molecular complexity index is 998. The lowest BCUT2D eigenvalue weighted by molar-refractivity contribution is -0.0276. The first-order valence-electron chi connectivity index (χ1n) is 10.1. The highest BCUT2D eigenvalue weighted by molar-refractivity contribution is 5.75. The molecule has 0 bridgehead atoms. The van der Waals surface area contributed by atoms with Gasteiger partial charge in [-0.3, -0.25) is 5.10 Å². The molecule has 0 amide bonds. The SMILES string of the molecule is C[C@@H]1COCCN1c1cc(N2CCOC(C)(C)C2)c2ncc(-c3ccn[nH]3)n2n1. The molecule has 1 atom stereocenters. The molecule has 154 valence electrons. The van der Waals surface area contributed by atoms with Gasteiger partial charge in [0.2, 0.25) is 0 Å². The van der Waals surface area contributed by atoms with E-state index in [0.29, 0.717) is 19.8 Å². The minimum Gasteiger partial charge on any atom is -0.377 e. The maximum absolute atomic E-state index is 5.93. The van der Waals surface area contributed by atoms with Crippen LogP contribution in [0.4, 0.5) is 11.5 Å². The number of nitrogens with one attached hydrogen (secondary N) is 1. The molecule has 29 heavy (non-hydrogen) atoms. The standard InChI is InChI=1S/C20H27N7O2/c1-14-12-28-8-7-26(14)18-10-16(25-6-9-29-20(2,3)13-25)19-21-11-17(27(19)24-18)15-4-5-22-23-15/h4-5,10-11,14H,6-9,12-13H2,1-3H3,(H,22,23)/t14-/m1/s1. The van der Waals surface area contributed by atoms with E-state index in [4.69, 9.17) is 19.6 Å². The number of rotatable bonds is 3. The molecule has 0 saturated carbocycles. The number of hydrogen-bond acceptors (Lipinski definition) is 7. The molecule has 2 fully saturated rings. The molecule has 3 aromatic heterocycles. The van der Waals surface area contributed by atoms with Crippen molar-refractivity contribution >= 4 is 17.2 Å². The Morgan fingerprint density at radius 2 is 2.14 bits per heavy atom. The van der Waals surface area contributed by atoms with Crippen LogP contribution in [0.3, 0.4) is 0 Å². The van der Waals surface area contributed by atoms with Gasteiger partial charge in [-0.15, -0.1) is 5.10 Å². The second-order valence-electron chi connectivity index (χ2n) is 8.38. The molecule has 5 heterocycles. The summed E-state index contributed by atoms with van der Waals surface area (Å²) >= 11 is 0. The molecule has 9 heteroatoms. The minimum atomic E-state index is -0.205. The number of anilines is 2. The molecular formula is C20H27N7O2. The Kier molecular flexibility index (Phi) is 4.44. The lowest BCUT2D eigenvalue weighted by atomic mass is 10.1. The number of morpholine rings is 2. The predicted molar refractivity (Wildman–Crippen MR) is 110 cm³/mol. The van der Waals surface area contributed by atoms with Gasteiger partial charge in [-0.05, 0) is 26.8 Å². The highest BCUT2D eigenvalue weighted by Crippen LogP contribution is 2.32. The Hall–Kier alpha value is -2.65. The Morgan fingerprint density at radius 1 is 1.24 bits per heavy atom. The molecule has 5 rings (SSSR count). The summed E-state index contributed by atoms with van der Waals surface area (Å²) in [7, 11) is 0. The van der Waals surface area contributed by atoms with Crippen molar-refractivity contribution in [3.05, 3.63) is 24.5 Å². The van der Waals surface area contributed by atoms with Crippen LogP contribution in [0.15, 0.2) is 24.5 Å². The number of H-pyrrole nitrogens is 1. The number of fused-ring (bicyclic) bond motifs is 1. The van der Waals surface area contributed by atoms with Crippen LogP contribution in [0.25, 0.3) is 17.0 Å². The van der Waals surface area contributed by atoms with Crippen LogP contribution in [-0.4, -0.2) is 75.9 Å². The van der Waals surface area contributed by atoms with Crippen LogP contribution >= 0.6 is 0 Å². The average Bonchev–Trinajstić information content (AvgIpc) is 3.36. The van der Waals surface area contributed by atoms with Gasteiger partial charge in [0.25, 0.3) is 0 Å². The lowest BCUT2D eigenvalue weighted by Gasteiger charge is -2.40. The molecule has 0 radical (unpaired) electrons. The molecular weight excluding hydrogens is 370 g/mol. The monoisotopic (exact) mass is 397 g/mol. The quantitative estimate of drug-likeness (QED) is 0.723. The maximum atomic E-state index is 5.93. The number of aromatic nitrogens is 5. The van der Waals surface area contributed by atoms with Gasteiger partial charge in [0.15, 0.2) is 11.5 Å². The van der Waals surface area contributed by atoms with Crippen molar-refractivity contribution < 1.29 is 9.47 Å². The summed E-state index contributed by atoms with van der Waals surface area (Å²) in [5.74, 6) is 0.936. The molecule has 3 aromatic rings. The zero-order chi connectivity index (χ0) is 20.0. The third-order valence-corrected chi connectivity index (χ3v) is 5.64. The summed E-state index contributed by atoms with van der Waals surface area (Å²) in [6.45, 7) is 11.0. The van der Waals surface area contributed by atoms with E-state index >= 15 is 0 Å². The first-order valence-corrected chi connectivity index (χ1v) is 10.1. The topological polar surface area (TPSA) is 83.8 Å². The summed E-state index contributed by atoms with van der Waals surface area (Å²) in [6, 6.07) is 4.37. The van der Waals surface area contributed by atoms with Gasteiger partial charge in [0.05, 0.1) is 49.0 Å². The van der Waals surface area contributed by atoms with Crippen molar-refractivity contribution in [1.82, 2.24) is 24.8 Å². The molecule has 0 spiro atoms. The maximum Gasteiger partial charge on any atom is 0.178 e. The first kappa shape index (κ1) is 18.4. The van der Waals surface area contributed by atoms with E-state index < -0.39 is 0 Å². The second kappa shape index (κ2) is 7.00. The van der Waals surface area contributed by atoms with Gasteiger partial charge < -0.3 is 19.3 Å². The Morgan fingerprint density at radius 3 is 2.90 bits per heavy atom. The van der Waals surface area contributed by atoms with E-state index in [0.717, 1.165) is 48.2 Å². The summed E-state index contributed by atoms with van der Waals surface area (Å²) in [4.78, 5) is 9.40. The van der Waals surface area contributed by atoms with Crippen molar-refractivity contribution in [2.45, 2.75) is 32.4 Å². The summed E-state index contributed by atoms with van der Waals surface area (Å²) < 4.78 is 13.5. The van der Waals surface area contributed by atoms with E-state index in [-0.39, 0.29) is 11.6 Å². The molecule has 0 unspecified atom stereocenters. The van der Waals surface area contributed by atoms with Gasteiger partial charge in [-0.2, -0.15) is 5.10 Å². The average molecular weight is 397 g/mol. The Balaban J connectivity index is 1.66. The normalized spacial score (nSPS) is 22.4. The molecule has 1 N–H and O–H groups in total. The van der Waals surface area contributed by atoms with Crippen LogP contribution in [0.1, 0.15) is 20.8 Å². The van der Waals surface area contributed by atoms with Gasteiger partial charge in [-0.1, -0.05) is 0 Å². The fourth-order valence-corrected chi connectivity index (χ4v) is 4.18. The Labute approximate surface area is 169 Å². The minimum absolute atomic E-state index is 0.205. The number of nitrogens with zero attached hydrogens (tertiary/aromatic N) is 6. The number of hydrogen-bond donors (Lipinski definition) is 1. The number of aromatic amines is 1. The van der Waals surface area contributed by atoms with E-state index in [2.05, 4.69) is 46.8 Å². The van der Waals surface area contributed by atoms with Crippen LogP contribution in [0.2, 0.25) is 0 Å². The van der Waals surface area contributed by atoms with E-state index in [1.807, 2.05) is 16.8 Å². The highest BCUT2D eigenvalue weighted by atomic mass is 16.5. The number of ether oxygens (including phenoxy) is 2. The van der Waals surface area contributed by atoms with Crippen molar-refractivity contribution in [2.24, 2.45) is 0 Å². The number of imidazole rings is 1. The van der Waals surface area contributed by atoms with E-state index in [1.54, 1.807) is 6.20 Å². The first-order chi connectivity index (χ1) is 14.0. The zero-order valence-electron chi connectivity index (χ0n) is 17.1. The molecule has 2 aliphatic heterocycles. The molecule has 2 saturated heterocycles.